The summed E-state index contributed by atoms with van der Waals surface area (Å²) in [7, 11) is 1.39. The fraction of sp³-hybridized carbons (Fsp3) is 0.240. The second-order valence-corrected chi connectivity index (χ2v) is 7.51. The predicted molar refractivity (Wildman–Crippen MR) is 117 cm³/mol. The van der Waals surface area contributed by atoms with Crippen molar-refractivity contribution in [3.8, 4) is 23.0 Å². The van der Waals surface area contributed by atoms with Crippen molar-refractivity contribution in [3.05, 3.63) is 77.8 Å². The van der Waals surface area contributed by atoms with E-state index in [1.54, 1.807) is 30.3 Å². The number of carboxylic acids is 1. The maximum absolute atomic E-state index is 13.5. The Morgan fingerprint density at radius 1 is 1.09 bits per heavy atom. The first kappa shape index (κ1) is 26.5. The van der Waals surface area contributed by atoms with Crippen molar-refractivity contribution < 1.29 is 32.2 Å². The van der Waals surface area contributed by atoms with Crippen LogP contribution in [0.2, 0.25) is 0 Å². The molecule has 0 aliphatic heterocycles. The molecule has 0 aliphatic carbocycles. The highest BCUT2D eigenvalue weighted by atomic mass is 19.4. The summed E-state index contributed by atoms with van der Waals surface area (Å²) >= 11 is 0. The SMILES string of the molecule is CC(C)(C)C#Cc1ccc(-c2ccccc2C=CF)cc1C(F)(F)F.COC=CC(=O)O. The van der Waals surface area contributed by atoms with Crippen LogP contribution < -0.4 is 0 Å². The molecule has 1 N–H and O–H groups in total. The zero-order chi connectivity index (χ0) is 24.4. The molecule has 0 radical (unpaired) electrons. The number of methoxy groups -OCH3 is 1. The first-order valence-corrected chi connectivity index (χ1v) is 9.42. The molecule has 2 rings (SSSR count). The number of hydrogen-bond acceptors (Lipinski definition) is 2. The van der Waals surface area contributed by atoms with E-state index in [9.17, 15) is 22.4 Å². The maximum atomic E-state index is 13.5. The van der Waals surface area contributed by atoms with Crippen molar-refractivity contribution in [2.24, 2.45) is 5.41 Å². The molecule has 7 heteroatoms. The number of rotatable bonds is 4. The van der Waals surface area contributed by atoms with Crippen LogP contribution >= 0.6 is 0 Å². The van der Waals surface area contributed by atoms with E-state index in [1.165, 1.54) is 19.3 Å². The third-order valence-corrected chi connectivity index (χ3v) is 3.76. The first-order chi connectivity index (χ1) is 14.9. The van der Waals surface area contributed by atoms with Crippen LogP contribution in [-0.4, -0.2) is 18.2 Å². The van der Waals surface area contributed by atoms with Gasteiger partial charge < -0.3 is 9.84 Å². The highest BCUT2D eigenvalue weighted by molar-refractivity contribution is 5.79. The standard InChI is InChI=1S/C21H18F4.C4H6O3/c1-20(2,3)12-10-16-8-9-17(14-19(16)21(23,24)25)18-7-5-4-6-15(18)11-13-22;1-7-3-2-4(5)6/h4-9,11,13-14H,1-3H3;2-3H,1H3,(H,5,6). The molecule has 2 aromatic carbocycles. The topological polar surface area (TPSA) is 46.5 Å². The summed E-state index contributed by atoms with van der Waals surface area (Å²) in [5, 5.41) is 7.88. The van der Waals surface area contributed by atoms with Crippen LogP contribution in [-0.2, 0) is 15.7 Å². The number of alkyl halides is 3. The second kappa shape index (κ2) is 11.8. The lowest BCUT2D eigenvalue weighted by molar-refractivity contribution is -0.137. The molecule has 0 aromatic heterocycles. The van der Waals surface area contributed by atoms with E-state index in [0.717, 1.165) is 18.4 Å². The molecule has 0 spiro atoms. The Balaban J connectivity index is 0.000000633. The number of ether oxygens (including phenoxy) is 1. The Labute approximate surface area is 185 Å². The van der Waals surface area contributed by atoms with Gasteiger partial charge in [0.05, 0.1) is 31.3 Å². The zero-order valence-corrected chi connectivity index (χ0v) is 18.1. The highest BCUT2D eigenvalue weighted by Gasteiger charge is 2.33. The number of aliphatic carboxylic acids is 1. The summed E-state index contributed by atoms with van der Waals surface area (Å²) in [5.74, 6) is 4.47. The summed E-state index contributed by atoms with van der Waals surface area (Å²) in [6, 6.07) is 10.7. The molecule has 170 valence electrons. The summed E-state index contributed by atoms with van der Waals surface area (Å²) in [5.41, 5.74) is 0.136. The average Bonchev–Trinajstić information content (AvgIpc) is 2.70. The van der Waals surface area contributed by atoms with Gasteiger partial charge in [-0.3, -0.25) is 0 Å². The Morgan fingerprint density at radius 3 is 2.25 bits per heavy atom. The van der Waals surface area contributed by atoms with Gasteiger partial charge in [0.1, 0.15) is 0 Å². The van der Waals surface area contributed by atoms with Gasteiger partial charge in [0.15, 0.2) is 0 Å². The molecule has 0 saturated carbocycles. The Kier molecular flexibility index (Phi) is 9.73. The van der Waals surface area contributed by atoms with Crippen LogP contribution in [0.25, 0.3) is 17.2 Å². The molecule has 0 bridgehead atoms. The van der Waals surface area contributed by atoms with Gasteiger partial charge in [-0.2, -0.15) is 13.2 Å². The van der Waals surface area contributed by atoms with E-state index < -0.39 is 23.1 Å². The molecular formula is C25H24F4O3. The fourth-order valence-corrected chi connectivity index (χ4v) is 2.41. The van der Waals surface area contributed by atoms with E-state index in [-0.39, 0.29) is 5.56 Å². The van der Waals surface area contributed by atoms with Gasteiger partial charge in [-0.25, -0.2) is 9.18 Å². The molecule has 0 unspecified atom stereocenters. The lowest BCUT2D eigenvalue weighted by atomic mass is 9.94. The Morgan fingerprint density at radius 2 is 1.75 bits per heavy atom. The molecule has 0 amide bonds. The van der Waals surface area contributed by atoms with Crippen LogP contribution in [0.4, 0.5) is 17.6 Å². The molecule has 2 aromatic rings. The average molecular weight is 448 g/mol. The summed E-state index contributed by atoms with van der Waals surface area (Å²) in [6.45, 7) is 5.50. The third kappa shape index (κ3) is 9.09. The molecule has 0 fully saturated rings. The van der Waals surface area contributed by atoms with Crippen molar-refractivity contribution in [2.45, 2.75) is 26.9 Å². The maximum Gasteiger partial charge on any atom is 0.417 e. The van der Waals surface area contributed by atoms with Crippen molar-refractivity contribution in [3.63, 3.8) is 0 Å². The molecule has 0 aliphatic rings. The van der Waals surface area contributed by atoms with Gasteiger partial charge in [-0.1, -0.05) is 42.2 Å². The van der Waals surface area contributed by atoms with Crippen LogP contribution in [0.1, 0.15) is 37.5 Å². The van der Waals surface area contributed by atoms with Crippen molar-refractivity contribution in [1.29, 1.82) is 0 Å². The van der Waals surface area contributed by atoms with Crippen LogP contribution in [0, 0.1) is 17.3 Å². The van der Waals surface area contributed by atoms with Crippen LogP contribution in [0.3, 0.4) is 0 Å². The predicted octanol–water partition coefficient (Wildman–Crippen LogP) is 6.94. The molecular weight excluding hydrogens is 424 g/mol. The number of hydrogen-bond donors (Lipinski definition) is 1. The van der Waals surface area contributed by atoms with Gasteiger partial charge in [0, 0.05) is 11.0 Å². The third-order valence-electron chi connectivity index (χ3n) is 3.76. The molecule has 0 saturated heterocycles. The van der Waals surface area contributed by atoms with Gasteiger partial charge in [0.2, 0.25) is 0 Å². The first-order valence-electron chi connectivity index (χ1n) is 9.42. The quantitative estimate of drug-likeness (QED) is 0.238. The van der Waals surface area contributed by atoms with E-state index in [4.69, 9.17) is 5.11 Å². The second-order valence-electron chi connectivity index (χ2n) is 7.51. The van der Waals surface area contributed by atoms with E-state index >= 15 is 0 Å². The van der Waals surface area contributed by atoms with Gasteiger partial charge >= 0.3 is 12.1 Å². The van der Waals surface area contributed by atoms with Gasteiger partial charge in [-0.05, 0) is 55.7 Å². The minimum absolute atomic E-state index is 0.0651. The van der Waals surface area contributed by atoms with Crippen molar-refractivity contribution in [1.82, 2.24) is 0 Å². The van der Waals surface area contributed by atoms with Gasteiger partial charge in [0.25, 0.3) is 0 Å². The number of carboxylic acid groups (broad SMARTS) is 1. The molecule has 32 heavy (non-hydrogen) atoms. The largest absolute Gasteiger partial charge is 0.504 e. The highest BCUT2D eigenvalue weighted by Crippen LogP contribution is 2.36. The minimum atomic E-state index is -4.53. The monoisotopic (exact) mass is 448 g/mol. The summed E-state index contributed by atoms with van der Waals surface area (Å²) in [4.78, 5) is 9.59. The van der Waals surface area contributed by atoms with Crippen LogP contribution in [0.15, 0.2) is 61.1 Å². The Hall–Kier alpha value is -3.53. The number of carbonyl (C=O) groups is 1. The van der Waals surface area contributed by atoms with Crippen molar-refractivity contribution >= 4 is 12.0 Å². The minimum Gasteiger partial charge on any atom is -0.504 e. The Bertz CT molecular complexity index is 1030. The molecule has 3 nitrogen and oxygen atoms in total. The lowest BCUT2D eigenvalue weighted by Crippen LogP contribution is -2.08. The van der Waals surface area contributed by atoms with E-state index in [1.807, 2.05) is 20.8 Å². The van der Waals surface area contributed by atoms with E-state index in [2.05, 4.69) is 16.6 Å². The van der Waals surface area contributed by atoms with Crippen molar-refractivity contribution in [2.75, 3.05) is 7.11 Å². The number of benzene rings is 2. The van der Waals surface area contributed by atoms with Gasteiger partial charge in [-0.15, -0.1) is 0 Å². The lowest BCUT2D eigenvalue weighted by Gasteiger charge is -2.14. The zero-order valence-electron chi connectivity index (χ0n) is 18.1. The molecule has 0 atom stereocenters. The fourth-order valence-electron chi connectivity index (χ4n) is 2.41. The normalized spacial score (nSPS) is 11.5. The van der Waals surface area contributed by atoms with E-state index in [0.29, 0.717) is 23.0 Å². The summed E-state index contributed by atoms with van der Waals surface area (Å²) < 4.78 is 57.2. The molecule has 0 heterocycles. The smallest absolute Gasteiger partial charge is 0.417 e. The summed E-state index contributed by atoms with van der Waals surface area (Å²) in [6.07, 6.45) is -0.923. The number of halogens is 4. The van der Waals surface area contributed by atoms with Crippen LogP contribution in [0.5, 0.6) is 0 Å².